The molecule has 0 fully saturated rings. The van der Waals surface area contributed by atoms with Crippen molar-refractivity contribution in [3.05, 3.63) is 52.0 Å². The number of nitrogens with zero attached hydrogens (tertiary/aromatic N) is 1. The molecule has 0 aromatic carbocycles. The first kappa shape index (κ1) is 12.3. The maximum Gasteiger partial charge on any atom is 0.0302 e. The third-order valence-electron chi connectivity index (χ3n) is 2.82. The maximum atomic E-state index is 4.11. The van der Waals surface area contributed by atoms with Crippen LogP contribution in [0.4, 0.5) is 0 Å². The zero-order chi connectivity index (χ0) is 11.9. The summed E-state index contributed by atoms with van der Waals surface area (Å²) >= 11 is 1.85. The summed E-state index contributed by atoms with van der Waals surface area (Å²) in [7, 11) is 0. The van der Waals surface area contributed by atoms with Crippen LogP contribution in [0.5, 0.6) is 0 Å². The molecule has 3 heteroatoms. The number of pyridine rings is 1. The van der Waals surface area contributed by atoms with Crippen LogP contribution in [0.3, 0.4) is 0 Å². The Balaban J connectivity index is 1.73. The van der Waals surface area contributed by atoms with Crippen molar-refractivity contribution in [3.8, 4) is 0 Å². The molecule has 2 nitrogen and oxygen atoms in total. The van der Waals surface area contributed by atoms with E-state index < -0.39 is 0 Å². The fourth-order valence-electron chi connectivity index (χ4n) is 1.82. The van der Waals surface area contributed by atoms with E-state index in [2.05, 4.69) is 34.7 Å². The van der Waals surface area contributed by atoms with Crippen LogP contribution in [0, 0.1) is 0 Å². The molecule has 0 radical (unpaired) electrons. The minimum Gasteiger partial charge on any atom is -0.312 e. The Hall–Kier alpha value is -1.19. The zero-order valence-corrected chi connectivity index (χ0v) is 11.0. The molecule has 0 aliphatic heterocycles. The summed E-state index contributed by atoms with van der Waals surface area (Å²) in [6.45, 7) is 4.20. The van der Waals surface area contributed by atoms with E-state index in [0.29, 0.717) is 0 Å². The average Bonchev–Trinajstić information content (AvgIpc) is 2.83. The quantitative estimate of drug-likeness (QED) is 0.792. The lowest BCUT2D eigenvalue weighted by Crippen LogP contribution is -2.16. The van der Waals surface area contributed by atoms with E-state index in [0.717, 1.165) is 25.9 Å². The van der Waals surface area contributed by atoms with Crippen LogP contribution in [0.25, 0.3) is 0 Å². The van der Waals surface area contributed by atoms with Gasteiger partial charge in [0.05, 0.1) is 0 Å². The number of aryl methyl sites for hydroxylation is 1. The molecule has 2 rings (SSSR count). The largest absolute Gasteiger partial charge is 0.312 e. The second kappa shape index (κ2) is 6.52. The lowest BCUT2D eigenvalue weighted by atomic mass is 10.2. The van der Waals surface area contributed by atoms with Crippen LogP contribution in [0.15, 0.2) is 36.0 Å². The van der Waals surface area contributed by atoms with Gasteiger partial charge >= 0.3 is 0 Å². The third-order valence-corrected chi connectivity index (χ3v) is 3.78. The minimum absolute atomic E-state index is 0.987. The first-order valence-corrected chi connectivity index (χ1v) is 6.93. The lowest BCUT2D eigenvalue weighted by Gasteiger charge is -2.05. The maximum absolute atomic E-state index is 4.11. The van der Waals surface area contributed by atoms with Crippen LogP contribution in [0.1, 0.15) is 22.9 Å². The highest BCUT2D eigenvalue weighted by molar-refractivity contribution is 7.10. The summed E-state index contributed by atoms with van der Waals surface area (Å²) in [6, 6.07) is 6.34. The molecule has 2 aromatic rings. The average molecular weight is 246 g/mol. The molecule has 0 saturated heterocycles. The number of hydrogen-bond donors (Lipinski definition) is 1. The van der Waals surface area contributed by atoms with Crippen molar-refractivity contribution < 1.29 is 0 Å². The molecule has 90 valence electrons. The Morgan fingerprint density at radius 3 is 3.06 bits per heavy atom. The molecular weight excluding hydrogens is 228 g/mol. The zero-order valence-electron chi connectivity index (χ0n) is 10.1. The highest BCUT2D eigenvalue weighted by Gasteiger charge is 2.01. The van der Waals surface area contributed by atoms with E-state index in [1.165, 1.54) is 16.0 Å². The monoisotopic (exact) mass is 246 g/mol. The number of rotatable bonds is 6. The second-order valence-electron chi connectivity index (χ2n) is 4.01. The summed E-state index contributed by atoms with van der Waals surface area (Å²) in [5.41, 5.74) is 2.77. The normalized spacial score (nSPS) is 10.6. The Labute approximate surface area is 107 Å². The molecule has 0 aliphatic carbocycles. The van der Waals surface area contributed by atoms with E-state index in [9.17, 15) is 0 Å². The highest BCUT2D eigenvalue weighted by atomic mass is 32.1. The van der Waals surface area contributed by atoms with Gasteiger partial charge in [0.2, 0.25) is 0 Å². The molecule has 2 aromatic heterocycles. The third kappa shape index (κ3) is 3.65. The van der Waals surface area contributed by atoms with Gasteiger partial charge in [-0.25, -0.2) is 0 Å². The standard InChI is InChI=1S/C14H18N2S/c1-2-13-6-9-17-14(13)11-16-8-5-12-4-3-7-15-10-12/h3-4,6-7,9-10,16H,2,5,8,11H2,1H3. The van der Waals surface area contributed by atoms with Crippen LogP contribution in [0.2, 0.25) is 0 Å². The van der Waals surface area contributed by atoms with E-state index in [1.807, 2.05) is 29.8 Å². The van der Waals surface area contributed by atoms with Gasteiger partial charge in [0.15, 0.2) is 0 Å². The van der Waals surface area contributed by atoms with Crippen molar-refractivity contribution >= 4 is 11.3 Å². The molecule has 0 unspecified atom stereocenters. The Bertz CT molecular complexity index is 436. The summed E-state index contributed by atoms with van der Waals surface area (Å²) in [5, 5.41) is 5.67. The van der Waals surface area contributed by atoms with E-state index >= 15 is 0 Å². The topological polar surface area (TPSA) is 24.9 Å². The molecule has 0 aliphatic rings. The van der Waals surface area contributed by atoms with Gasteiger partial charge in [0.1, 0.15) is 0 Å². The van der Waals surface area contributed by atoms with Gasteiger partial charge in [0, 0.05) is 23.8 Å². The lowest BCUT2D eigenvalue weighted by molar-refractivity contribution is 0.689. The highest BCUT2D eigenvalue weighted by Crippen LogP contribution is 2.16. The summed E-state index contributed by atoms with van der Waals surface area (Å²) < 4.78 is 0. The first-order valence-electron chi connectivity index (χ1n) is 6.05. The van der Waals surface area contributed by atoms with Crippen molar-refractivity contribution in [1.82, 2.24) is 10.3 Å². The molecule has 1 N–H and O–H groups in total. The summed E-state index contributed by atoms with van der Waals surface area (Å²) in [4.78, 5) is 5.59. The van der Waals surface area contributed by atoms with Gasteiger partial charge < -0.3 is 5.32 Å². The van der Waals surface area contributed by atoms with Gasteiger partial charge in [-0.3, -0.25) is 4.98 Å². The minimum atomic E-state index is 0.987. The van der Waals surface area contributed by atoms with Crippen molar-refractivity contribution in [2.45, 2.75) is 26.3 Å². The molecule has 0 amide bonds. The Morgan fingerprint density at radius 1 is 1.35 bits per heavy atom. The van der Waals surface area contributed by atoms with Gasteiger partial charge in [0.25, 0.3) is 0 Å². The van der Waals surface area contributed by atoms with Gasteiger partial charge in [-0.1, -0.05) is 13.0 Å². The van der Waals surface area contributed by atoms with Crippen LogP contribution < -0.4 is 5.32 Å². The van der Waals surface area contributed by atoms with Crippen LogP contribution >= 0.6 is 11.3 Å². The smallest absolute Gasteiger partial charge is 0.0302 e. The molecular formula is C14H18N2S. The fourth-order valence-corrected chi connectivity index (χ4v) is 2.76. The van der Waals surface area contributed by atoms with Crippen molar-refractivity contribution in [1.29, 1.82) is 0 Å². The molecule has 17 heavy (non-hydrogen) atoms. The number of nitrogens with one attached hydrogen (secondary N) is 1. The van der Waals surface area contributed by atoms with Gasteiger partial charge in [-0.15, -0.1) is 11.3 Å². The number of hydrogen-bond acceptors (Lipinski definition) is 3. The first-order chi connectivity index (χ1) is 8.40. The van der Waals surface area contributed by atoms with E-state index in [-0.39, 0.29) is 0 Å². The van der Waals surface area contributed by atoms with E-state index in [4.69, 9.17) is 0 Å². The Kier molecular flexibility index (Phi) is 4.71. The van der Waals surface area contributed by atoms with Crippen molar-refractivity contribution in [2.24, 2.45) is 0 Å². The van der Waals surface area contributed by atoms with E-state index in [1.54, 1.807) is 0 Å². The van der Waals surface area contributed by atoms with Crippen molar-refractivity contribution in [2.75, 3.05) is 6.54 Å². The summed E-state index contributed by atoms with van der Waals surface area (Å²) in [6.07, 6.45) is 5.92. The van der Waals surface area contributed by atoms with Crippen molar-refractivity contribution in [3.63, 3.8) is 0 Å². The summed E-state index contributed by atoms with van der Waals surface area (Å²) in [5.74, 6) is 0. The number of aromatic nitrogens is 1. The van der Waals surface area contributed by atoms with Gasteiger partial charge in [-0.05, 0) is 48.0 Å². The molecule has 2 heterocycles. The van der Waals surface area contributed by atoms with Crippen LogP contribution in [-0.2, 0) is 19.4 Å². The fraction of sp³-hybridized carbons (Fsp3) is 0.357. The SMILES string of the molecule is CCc1ccsc1CNCCc1cccnc1. The molecule has 0 atom stereocenters. The predicted octanol–water partition coefficient (Wildman–Crippen LogP) is 3.04. The van der Waals surface area contributed by atoms with Gasteiger partial charge in [-0.2, -0.15) is 0 Å². The second-order valence-corrected chi connectivity index (χ2v) is 5.01. The molecule has 0 saturated carbocycles. The van der Waals surface area contributed by atoms with Crippen LogP contribution in [-0.4, -0.2) is 11.5 Å². The number of thiophene rings is 1. The Morgan fingerprint density at radius 2 is 2.29 bits per heavy atom. The molecule has 0 bridgehead atoms. The molecule has 0 spiro atoms. The predicted molar refractivity (Wildman–Crippen MR) is 73.3 cm³/mol.